The lowest BCUT2D eigenvalue weighted by Gasteiger charge is -2.20. The second-order valence-corrected chi connectivity index (χ2v) is 7.60. The molecule has 0 bridgehead atoms. The summed E-state index contributed by atoms with van der Waals surface area (Å²) in [4.78, 5) is 72.9. The molecule has 35 heavy (non-hydrogen) atoms. The van der Waals surface area contributed by atoms with Gasteiger partial charge in [-0.15, -0.1) is 0 Å². The summed E-state index contributed by atoms with van der Waals surface area (Å²) in [6.07, 6.45) is 0.0512. The first-order valence-corrected chi connectivity index (χ1v) is 10.3. The van der Waals surface area contributed by atoms with Gasteiger partial charge in [-0.3, -0.25) is 24.0 Å². The summed E-state index contributed by atoms with van der Waals surface area (Å²) >= 11 is 0. The predicted molar refractivity (Wildman–Crippen MR) is 119 cm³/mol. The van der Waals surface area contributed by atoms with Gasteiger partial charge in [0, 0.05) is 23.5 Å². The number of aromatic nitrogens is 1. The summed E-state index contributed by atoms with van der Waals surface area (Å²) < 4.78 is 0. The number of rotatable bonds is 13. The number of hydrogen-bond acceptors (Lipinski definition) is 7. The first-order chi connectivity index (χ1) is 16.5. The van der Waals surface area contributed by atoms with Crippen LogP contribution >= 0.6 is 0 Å². The molecule has 3 unspecified atom stereocenters. The van der Waals surface area contributed by atoms with E-state index in [4.69, 9.17) is 21.1 Å². The maximum atomic E-state index is 12.8. The van der Waals surface area contributed by atoms with Gasteiger partial charge in [-0.1, -0.05) is 18.2 Å². The van der Waals surface area contributed by atoms with Gasteiger partial charge in [0.15, 0.2) is 0 Å². The Hall–Kier alpha value is -4.46. The van der Waals surface area contributed by atoms with E-state index in [0.717, 1.165) is 10.9 Å². The van der Waals surface area contributed by atoms with Crippen LogP contribution in [-0.2, 0) is 35.2 Å². The summed E-state index contributed by atoms with van der Waals surface area (Å²) in [6.45, 7) is -0.705. The molecule has 0 radical (unpaired) electrons. The topological polar surface area (TPSA) is 241 Å². The van der Waals surface area contributed by atoms with Gasteiger partial charge in [-0.2, -0.15) is 0 Å². The summed E-state index contributed by atoms with van der Waals surface area (Å²) in [5.74, 6) is -7.01. The Morgan fingerprint density at radius 3 is 2.17 bits per heavy atom. The minimum Gasteiger partial charge on any atom is -0.481 e. The Balaban J connectivity index is 2.12. The molecule has 0 fully saturated rings. The maximum absolute atomic E-state index is 12.8. The van der Waals surface area contributed by atoms with Crippen molar-refractivity contribution in [2.24, 2.45) is 5.73 Å². The molecular formula is C21H25N5O9. The van der Waals surface area contributed by atoms with Gasteiger partial charge >= 0.3 is 17.9 Å². The number of aromatic amines is 1. The first kappa shape index (κ1) is 26.8. The van der Waals surface area contributed by atoms with E-state index in [1.807, 2.05) is 5.32 Å². The van der Waals surface area contributed by atoms with Crippen molar-refractivity contribution < 1.29 is 44.1 Å². The smallest absolute Gasteiger partial charge is 0.326 e. The highest BCUT2D eigenvalue weighted by Gasteiger charge is 2.27. The highest BCUT2D eigenvalue weighted by atomic mass is 16.4. The Morgan fingerprint density at radius 1 is 0.886 bits per heavy atom. The monoisotopic (exact) mass is 491 g/mol. The first-order valence-electron chi connectivity index (χ1n) is 10.3. The van der Waals surface area contributed by atoms with Crippen molar-refractivity contribution in [3.63, 3.8) is 0 Å². The number of carboxylic acids is 3. The molecule has 0 aliphatic rings. The molecule has 14 nitrogen and oxygen atoms in total. The van der Waals surface area contributed by atoms with E-state index in [1.165, 1.54) is 0 Å². The number of amides is 3. The van der Waals surface area contributed by atoms with E-state index >= 15 is 0 Å². The normalized spacial score (nSPS) is 13.3. The molecule has 14 heteroatoms. The summed E-state index contributed by atoms with van der Waals surface area (Å²) in [5, 5.41) is 34.0. The average Bonchev–Trinajstić information content (AvgIpc) is 3.18. The van der Waals surface area contributed by atoms with Crippen molar-refractivity contribution in [2.45, 2.75) is 37.4 Å². The number of carbonyl (C=O) groups excluding carboxylic acids is 3. The molecule has 2 aromatic rings. The number of benzene rings is 1. The van der Waals surface area contributed by atoms with Gasteiger partial charge < -0.3 is 42.0 Å². The van der Waals surface area contributed by atoms with Gasteiger partial charge in [0.2, 0.25) is 17.7 Å². The molecule has 0 aliphatic heterocycles. The number of nitrogens with two attached hydrogens (primary N) is 1. The molecule has 2 rings (SSSR count). The van der Waals surface area contributed by atoms with Crippen LogP contribution in [0.5, 0.6) is 0 Å². The highest BCUT2D eigenvalue weighted by molar-refractivity contribution is 5.94. The van der Waals surface area contributed by atoms with Crippen molar-refractivity contribution in [3.8, 4) is 0 Å². The van der Waals surface area contributed by atoms with Crippen molar-refractivity contribution in [1.29, 1.82) is 0 Å². The Morgan fingerprint density at radius 2 is 1.54 bits per heavy atom. The van der Waals surface area contributed by atoms with Crippen LogP contribution in [0.25, 0.3) is 10.9 Å². The van der Waals surface area contributed by atoms with Crippen LogP contribution in [0.3, 0.4) is 0 Å². The summed E-state index contributed by atoms with van der Waals surface area (Å²) in [6, 6.07) is 2.77. The fraction of sp³-hybridized carbons (Fsp3) is 0.333. The number of para-hydroxylation sites is 1. The third-order valence-electron chi connectivity index (χ3n) is 4.90. The second-order valence-electron chi connectivity index (χ2n) is 7.60. The van der Waals surface area contributed by atoms with Crippen LogP contribution in [0.2, 0.25) is 0 Å². The number of carboxylic acid groups (broad SMARTS) is 3. The lowest BCUT2D eigenvalue weighted by Crippen LogP contribution is -2.54. The summed E-state index contributed by atoms with van der Waals surface area (Å²) in [7, 11) is 0. The van der Waals surface area contributed by atoms with Crippen LogP contribution < -0.4 is 21.7 Å². The quantitative estimate of drug-likeness (QED) is 0.156. The van der Waals surface area contributed by atoms with Crippen LogP contribution in [0.1, 0.15) is 18.4 Å². The highest BCUT2D eigenvalue weighted by Crippen LogP contribution is 2.19. The maximum Gasteiger partial charge on any atom is 0.326 e. The van der Waals surface area contributed by atoms with E-state index < -0.39 is 73.1 Å². The fourth-order valence-corrected chi connectivity index (χ4v) is 3.20. The van der Waals surface area contributed by atoms with Gasteiger partial charge in [0.25, 0.3) is 0 Å². The molecule has 3 atom stereocenters. The zero-order valence-corrected chi connectivity index (χ0v) is 18.3. The van der Waals surface area contributed by atoms with Crippen LogP contribution in [-0.4, -0.2) is 80.6 Å². The molecule has 1 heterocycles. The van der Waals surface area contributed by atoms with Gasteiger partial charge in [0.1, 0.15) is 12.1 Å². The van der Waals surface area contributed by atoms with Gasteiger partial charge in [-0.25, -0.2) is 4.79 Å². The van der Waals surface area contributed by atoms with Crippen molar-refractivity contribution in [1.82, 2.24) is 20.9 Å². The largest absolute Gasteiger partial charge is 0.481 e. The minimum atomic E-state index is -1.70. The molecule has 0 spiro atoms. The third kappa shape index (κ3) is 8.12. The number of aliphatic carboxylic acids is 3. The number of hydrogen-bond donors (Lipinski definition) is 8. The van der Waals surface area contributed by atoms with E-state index in [0.29, 0.717) is 5.56 Å². The number of carbonyl (C=O) groups is 6. The van der Waals surface area contributed by atoms with E-state index in [-0.39, 0.29) is 6.42 Å². The second kappa shape index (κ2) is 12.1. The van der Waals surface area contributed by atoms with Gasteiger partial charge in [0.05, 0.1) is 25.4 Å². The molecular weight excluding hydrogens is 466 g/mol. The predicted octanol–water partition coefficient (Wildman–Crippen LogP) is -1.84. The minimum absolute atomic E-state index is 0.0419. The van der Waals surface area contributed by atoms with E-state index in [9.17, 15) is 28.8 Å². The van der Waals surface area contributed by atoms with Crippen LogP contribution in [0.4, 0.5) is 0 Å². The zero-order valence-electron chi connectivity index (χ0n) is 18.3. The van der Waals surface area contributed by atoms with Gasteiger partial charge in [-0.05, 0) is 11.6 Å². The molecule has 0 aliphatic carbocycles. The molecule has 1 aromatic carbocycles. The molecule has 3 amide bonds. The molecule has 188 valence electrons. The van der Waals surface area contributed by atoms with Crippen molar-refractivity contribution in [2.75, 3.05) is 6.54 Å². The third-order valence-corrected chi connectivity index (χ3v) is 4.90. The summed E-state index contributed by atoms with van der Waals surface area (Å²) in [5.41, 5.74) is 6.99. The Kier molecular flexibility index (Phi) is 9.28. The number of fused-ring (bicyclic) bond motifs is 1. The molecule has 0 saturated carbocycles. The average molecular weight is 491 g/mol. The Labute approximate surface area is 197 Å². The SMILES string of the molecule is NC(CC(=O)O)C(=O)NC(Cc1c[nH]c2ccccc12)C(=O)NCC(=O)NC(CC(=O)O)C(=O)O. The Bertz CT molecular complexity index is 1130. The molecule has 0 saturated heterocycles. The van der Waals surface area contributed by atoms with Crippen LogP contribution in [0, 0.1) is 0 Å². The number of nitrogens with one attached hydrogen (secondary N) is 4. The van der Waals surface area contributed by atoms with E-state index in [2.05, 4.69) is 15.6 Å². The fourth-order valence-electron chi connectivity index (χ4n) is 3.20. The molecule has 9 N–H and O–H groups in total. The van der Waals surface area contributed by atoms with Crippen molar-refractivity contribution in [3.05, 3.63) is 36.0 Å². The van der Waals surface area contributed by atoms with E-state index in [1.54, 1.807) is 30.5 Å². The number of H-pyrrole nitrogens is 1. The molecule has 1 aromatic heterocycles. The lowest BCUT2D eigenvalue weighted by molar-refractivity contribution is -0.147. The lowest BCUT2D eigenvalue weighted by atomic mass is 10.0. The standard InChI is InChI=1S/C21H25N5O9/c22-12(6-17(28)29)19(32)26-14(5-10-8-23-13-4-2-1-3-11(10)13)20(33)24-9-16(27)25-15(21(34)35)7-18(30)31/h1-4,8,12,14-15,23H,5-7,9,22H2,(H,24,33)(H,25,27)(H,26,32)(H,28,29)(H,30,31)(H,34,35). The zero-order chi connectivity index (χ0) is 26.1. The van der Waals surface area contributed by atoms with Crippen LogP contribution in [0.15, 0.2) is 30.5 Å². The van der Waals surface area contributed by atoms with Crippen molar-refractivity contribution >= 4 is 46.5 Å².